The molecular weight excluding hydrogens is 762 g/mol. The second-order valence-corrected chi connectivity index (χ2v) is 21.5. The van der Waals surface area contributed by atoms with Crippen LogP contribution in [-0.2, 0) is 0 Å². The van der Waals surface area contributed by atoms with E-state index in [9.17, 15) is 0 Å². The summed E-state index contributed by atoms with van der Waals surface area (Å²) in [4.78, 5) is 0. The molecule has 0 heterocycles. The standard InChI is InChI=1S/C40H52B26/c41-15-11(24(50)27(53)14-12(15)30(56)39(65)40(66)31(14)57)13-25(51)22(48)9(23(49)26(13)52)2-6-3(17(43)33(59)35(61)19(6)45)1(4-7(2)20(46)36(62)34(60)18(4)44)5-8-10(28(54)32(58)16(5)42)29(55)38(64)37(63)21(8)47/h41-66H2. The van der Waals surface area contributed by atoms with Crippen molar-refractivity contribution < 1.29 is 0 Å². The Balaban J connectivity index is 1.68. The highest BCUT2D eigenvalue weighted by Crippen LogP contribution is 2.40. The summed E-state index contributed by atoms with van der Waals surface area (Å²) in [6.45, 7) is 0. The van der Waals surface area contributed by atoms with Gasteiger partial charge in [0.2, 0.25) is 0 Å². The van der Waals surface area contributed by atoms with Crippen LogP contribution in [0.25, 0.3) is 76.5 Å². The van der Waals surface area contributed by atoms with Gasteiger partial charge >= 0.3 is 0 Å². The fourth-order valence-corrected chi connectivity index (χ4v) is 13.3. The monoisotopic (exact) mass is 819 g/mol. The van der Waals surface area contributed by atoms with E-state index < -0.39 is 0 Å². The van der Waals surface area contributed by atoms with Gasteiger partial charge in [0.1, 0.15) is 204 Å². The molecule has 0 spiro atoms. The minimum absolute atomic E-state index is 1.39. The van der Waals surface area contributed by atoms with Gasteiger partial charge in [0, 0.05) is 0 Å². The van der Waals surface area contributed by atoms with Crippen molar-refractivity contribution in [2.75, 3.05) is 0 Å². The maximum atomic E-state index is 2.44. The van der Waals surface area contributed by atoms with E-state index in [-0.39, 0.29) is 0 Å². The van der Waals surface area contributed by atoms with Crippen LogP contribution in [0.3, 0.4) is 0 Å². The first-order valence-electron chi connectivity index (χ1n) is 24.8. The summed E-state index contributed by atoms with van der Waals surface area (Å²) in [7, 11) is 62.0. The minimum Gasteiger partial charge on any atom is -0.101 e. The molecule has 0 aromatic heterocycles. The number of hydrogen-bond acceptors (Lipinski definition) is 0. The van der Waals surface area contributed by atoms with E-state index in [1.54, 1.807) is 0 Å². The number of benzene rings is 8. The van der Waals surface area contributed by atoms with Crippen molar-refractivity contribution in [3.8, 4) is 33.4 Å². The smallest absolute Gasteiger partial charge is 0.101 e. The first kappa shape index (κ1) is 48.9. The molecule has 0 fully saturated rings. The number of hydrogen-bond donors (Lipinski definition) is 0. The van der Waals surface area contributed by atoms with Crippen LogP contribution in [-0.4, -0.2) is 204 Å². The zero-order valence-corrected chi connectivity index (χ0v) is 46.0. The Hall–Kier alpha value is -3.51. The Morgan fingerprint density at radius 3 is 0.530 bits per heavy atom. The zero-order chi connectivity index (χ0) is 49.1. The highest BCUT2D eigenvalue weighted by atomic mass is 14.3. The largest absolute Gasteiger partial charge is 0.140 e. The lowest BCUT2D eigenvalue weighted by Crippen LogP contribution is -2.53. The molecule has 26 heteroatoms. The van der Waals surface area contributed by atoms with Gasteiger partial charge in [0.25, 0.3) is 0 Å². The second kappa shape index (κ2) is 16.6. The average molecular weight is 814 g/mol. The van der Waals surface area contributed by atoms with Crippen LogP contribution in [0.15, 0.2) is 0 Å². The lowest BCUT2D eigenvalue weighted by molar-refractivity contribution is 1.83. The first-order chi connectivity index (χ1) is 30.7. The molecule has 0 aliphatic carbocycles. The van der Waals surface area contributed by atoms with Gasteiger partial charge in [0.05, 0.1) is 0 Å². The highest BCUT2D eigenvalue weighted by Gasteiger charge is 2.31. The number of rotatable bonds is 3. The molecule has 0 atom stereocenters. The van der Waals surface area contributed by atoms with E-state index >= 15 is 0 Å². The maximum absolute atomic E-state index is 2.44. The maximum Gasteiger partial charge on any atom is 0.140 e. The van der Waals surface area contributed by atoms with Crippen LogP contribution in [0.1, 0.15) is 0 Å². The van der Waals surface area contributed by atoms with Gasteiger partial charge < -0.3 is 0 Å². The highest BCUT2D eigenvalue weighted by molar-refractivity contribution is 6.77. The van der Waals surface area contributed by atoms with Crippen LogP contribution >= 0.6 is 0 Å². The zero-order valence-electron chi connectivity index (χ0n) is 46.0. The quantitative estimate of drug-likeness (QED) is 0.123. The molecule has 0 aliphatic heterocycles. The van der Waals surface area contributed by atoms with E-state index in [1.165, 1.54) is 219 Å². The molecule has 66 heavy (non-hydrogen) atoms. The predicted octanol–water partition coefficient (Wildman–Crippen LogP) is -34.0. The van der Waals surface area contributed by atoms with Crippen molar-refractivity contribution >= 4 is 389 Å². The Labute approximate surface area is 419 Å². The fourth-order valence-electron chi connectivity index (χ4n) is 13.3. The van der Waals surface area contributed by atoms with Gasteiger partial charge in [-0.2, -0.15) is 0 Å². The molecule has 0 amide bonds. The number of fused-ring (bicyclic) bond motifs is 4. The van der Waals surface area contributed by atoms with Gasteiger partial charge in [0.15, 0.2) is 0 Å². The molecule has 8 aromatic rings. The third-order valence-corrected chi connectivity index (χ3v) is 19.3. The molecule has 0 bridgehead atoms. The van der Waals surface area contributed by atoms with Gasteiger partial charge in [-0.15, -0.1) is 49.2 Å². The molecule has 290 valence electrons. The molecule has 0 N–H and O–H groups in total. The second-order valence-electron chi connectivity index (χ2n) is 21.5. The van der Waals surface area contributed by atoms with Crippen LogP contribution < -0.4 is 142 Å². The molecule has 0 aliphatic rings. The lowest BCUT2D eigenvalue weighted by Gasteiger charge is -2.33. The molecule has 0 saturated heterocycles. The van der Waals surface area contributed by atoms with Crippen LogP contribution in [0, 0.1) is 0 Å². The third-order valence-electron chi connectivity index (χ3n) is 19.3. The summed E-state index contributed by atoms with van der Waals surface area (Å²) in [5.41, 5.74) is 45.1. The van der Waals surface area contributed by atoms with Crippen molar-refractivity contribution in [1.82, 2.24) is 0 Å². The van der Waals surface area contributed by atoms with Crippen LogP contribution in [0.5, 0.6) is 0 Å². The summed E-state index contributed by atoms with van der Waals surface area (Å²) in [6.07, 6.45) is 0. The molecular formula is C40H52B26. The average Bonchev–Trinajstić information content (AvgIpc) is 3.28. The van der Waals surface area contributed by atoms with E-state index in [0.29, 0.717) is 0 Å². The Kier molecular flexibility index (Phi) is 12.3. The van der Waals surface area contributed by atoms with Crippen molar-refractivity contribution in [1.29, 1.82) is 0 Å². The van der Waals surface area contributed by atoms with E-state index in [2.05, 4.69) is 204 Å². The lowest BCUT2D eigenvalue weighted by atomic mass is 9.55. The fraction of sp³-hybridized carbons (Fsp3) is 0. The first-order valence-corrected chi connectivity index (χ1v) is 24.8. The molecule has 0 nitrogen and oxygen atoms in total. The van der Waals surface area contributed by atoms with Crippen LogP contribution in [0.4, 0.5) is 0 Å². The van der Waals surface area contributed by atoms with Gasteiger partial charge in [-0.3, -0.25) is 0 Å². The van der Waals surface area contributed by atoms with E-state index in [1.807, 2.05) is 0 Å². The predicted molar refractivity (Wildman–Crippen MR) is 385 cm³/mol. The summed E-state index contributed by atoms with van der Waals surface area (Å²) in [5.74, 6) is 0. The van der Waals surface area contributed by atoms with E-state index in [4.69, 9.17) is 0 Å². The topological polar surface area (TPSA) is 0 Å². The Bertz CT molecular complexity index is 3530. The van der Waals surface area contributed by atoms with Crippen molar-refractivity contribution in [3.63, 3.8) is 0 Å². The molecule has 0 saturated carbocycles. The van der Waals surface area contributed by atoms with Crippen molar-refractivity contribution in [2.24, 2.45) is 0 Å². The normalized spacial score (nSPS) is 11.7. The molecule has 0 radical (unpaired) electrons. The Morgan fingerprint density at radius 1 is 0.0909 bits per heavy atom. The van der Waals surface area contributed by atoms with Gasteiger partial charge in [-0.1, -0.05) is 92.9 Å². The summed E-state index contributed by atoms with van der Waals surface area (Å²) in [5, 5.41) is 11.5. The minimum atomic E-state index is 1.39. The summed E-state index contributed by atoms with van der Waals surface area (Å²) < 4.78 is 0. The molecule has 8 aromatic carbocycles. The summed E-state index contributed by atoms with van der Waals surface area (Å²) >= 11 is 0. The van der Waals surface area contributed by atoms with Crippen molar-refractivity contribution in [2.45, 2.75) is 0 Å². The van der Waals surface area contributed by atoms with E-state index in [0.717, 1.165) is 0 Å². The van der Waals surface area contributed by atoms with Gasteiger partial charge in [-0.25, -0.2) is 0 Å². The Morgan fingerprint density at radius 2 is 0.227 bits per heavy atom. The molecule has 8 rings (SSSR count). The summed E-state index contributed by atoms with van der Waals surface area (Å²) in [6, 6.07) is 0. The third kappa shape index (κ3) is 6.29. The van der Waals surface area contributed by atoms with Gasteiger partial charge in [-0.05, 0) is 76.5 Å². The SMILES string of the molecule is Bc1c(B)c(-c2c3c(B)c(B)c(B)c(B)c3c(-c3c(B)c(B)c(B)c4c(B)c(B)c(B)c(B)c34)c3c(B)c(B)c(B)c(B)c23)c(B)c(B)c1-c1c(B)c(B)c2c(B)c(B)c(B)c(B)c2c1B. The van der Waals surface area contributed by atoms with Crippen LogP contribution in [0.2, 0.25) is 0 Å². The van der Waals surface area contributed by atoms with Crippen molar-refractivity contribution in [3.05, 3.63) is 0 Å². The molecule has 0 unspecified atom stereocenters.